The van der Waals surface area contributed by atoms with Gasteiger partial charge in [-0.1, -0.05) is 42.8 Å². The highest BCUT2D eigenvalue weighted by molar-refractivity contribution is 6.31. The summed E-state index contributed by atoms with van der Waals surface area (Å²) in [7, 11) is 0. The lowest BCUT2D eigenvalue weighted by atomic mass is 10.1. The van der Waals surface area contributed by atoms with Gasteiger partial charge in [0, 0.05) is 16.4 Å². The summed E-state index contributed by atoms with van der Waals surface area (Å²) in [5, 5.41) is 6.02. The zero-order valence-electron chi connectivity index (χ0n) is 13.2. The van der Waals surface area contributed by atoms with Crippen LogP contribution in [0.2, 0.25) is 5.02 Å². The molecule has 2 rings (SSSR count). The molecule has 2 amide bonds. The minimum Gasteiger partial charge on any atom is -0.325 e. The van der Waals surface area contributed by atoms with Gasteiger partial charge in [0.05, 0.1) is 0 Å². The lowest BCUT2D eigenvalue weighted by Crippen LogP contribution is -2.22. The van der Waals surface area contributed by atoms with E-state index in [1.807, 2.05) is 44.2 Å². The van der Waals surface area contributed by atoms with E-state index in [2.05, 4.69) is 10.6 Å². The van der Waals surface area contributed by atoms with E-state index >= 15 is 0 Å². The van der Waals surface area contributed by atoms with Crippen molar-refractivity contribution < 1.29 is 9.59 Å². The van der Waals surface area contributed by atoms with Crippen LogP contribution in [0.5, 0.6) is 0 Å². The predicted molar refractivity (Wildman–Crippen MR) is 93.9 cm³/mol. The molecule has 0 saturated heterocycles. The zero-order valence-corrected chi connectivity index (χ0v) is 13.9. The molecule has 0 aliphatic rings. The van der Waals surface area contributed by atoms with Crippen molar-refractivity contribution in [1.82, 2.24) is 0 Å². The number of hydrogen-bond acceptors (Lipinski definition) is 2. The van der Waals surface area contributed by atoms with Gasteiger partial charge in [0.25, 0.3) is 0 Å². The summed E-state index contributed by atoms with van der Waals surface area (Å²) in [6.45, 7) is 3.88. The number of para-hydroxylation sites is 1. The second kappa shape index (κ2) is 7.79. The summed E-state index contributed by atoms with van der Waals surface area (Å²) < 4.78 is 0. The van der Waals surface area contributed by atoms with Gasteiger partial charge in [-0.3, -0.25) is 9.59 Å². The molecule has 0 aromatic heterocycles. The van der Waals surface area contributed by atoms with Crippen LogP contribution in [0.1, 0.15) is 24.5 Å². The summed E-state index contributed by atoms with van der Waals surface area (Å²) in [4.78, 5) is 24.1. The van der Waals surface area contributed by atoms with Crippen LogP contribution in [-0.4, -0.2) is 11.8 Å². The van der Waals surface area contributed by atoms with E-state index in [0.29, 0.717) is 10.7 Å². The Labute approximate surface area is 140 Å². The van der Waals surface area contributed by atoms with Crippen molar-refractivity contribution in [3.8, 4) is 0 Å². The first kappa shape index (κ1) is 17.0. The first-order valence-electron chi connectivity index (χ1n) is 7.43. The van der Waals surface area contributed by atoms with Gasteiger partial charge in [-0.15, -0.1) is 0 Å². The SMILES string of the molecule is CCc1ccccc1NC(=O)CC(=O)Nc1cc(Cl)ccc1C. The number of carbonyl (C=O) groups is 2. The van der Waals surface area contributed by atoms with E-state index in [1.165, 1.54) is 0 Å². The van der Waals surface area contributed by atoms with E-state index in [-0.39, 0.29) is 18.2 Å². The molecule has 0 atom stereocenters. The van der Waals surface area contributed by atoms with Crippen LogP contribution in [0, 0.1) is 6.92 Å². The molecule has 5 heteroatoms. The summed E-state index contributed by atoms with van der Waals surface area (Å²) in [6.07, 6.45) is 0.564. The summed E-state index contributed by atoms with van der Waals surface area (Å²) >= 11 is 5.92. The number of amides is 2. The minimum atomic E-state index is -0.373. The van der Waals surface area contributed by atoms with Crippen LogP contribution in [0.3, 0.4) is 0 Å². The Balaban J connectivity index is 1.97. The van der Waals surface area contributed by atoms with Crippen molar-refractivity contribution in [1.29, 1.82) is 0 Å². The van der Waals surface area contributed by atoms with Crippen molar-refractivity contribution in [2.24, 2.45) is 0 Å². The van der Waals surface area contributed by atoms with E-state index in [4.69, 9.17) is 11.6 Å². The first-order chi connectivity index (χ1) is 11.0. The molecule has 2 aromatic rings. The van der Waals surface area contributed by atoms with E-state index in [1.54, 1.807) is 12.1 Å². The Morgan fingerprint density at radius 2 is 1.65 bits per heavy atom. The number of halogens is 1. The van der Waals surface area contributed by atoms with Crippen molar-refractivity contribution in [3.63, 3.8) is 0 Å². The van der Waals surface area contributed by atoms with Crippen molar-refractivity contribution >= 4 is 34.8 Å². The fourth-order valence-corrected chi connectivity index (χ4v) is 2.39. The Hall–Kier alpha value is -2.33. The smallest absolute Gasteiger partial charge is 0.233 e. The van der Waals surface area contributed by atoms with Gasteiger partial charge in [-0.25, -0.2) is 0 Å². The summed E-state index contributed by atoms with van der Waals surface area (Å²) in [6, 6.07) is 12.8. The lowest BCUT2D eigenvalue weighted by molar-refractivity contribution is -0.123. The normalized spacial score (nSPS) is 10.2. The summed E-state index contributed by atoms with van der Waals surface area (Å²) in [5.74, 6) is -0.718. The first-order valence-corrected chi connectivity index (χ1v) is 7.81. The minimum absolute atomic E-state index is 0.246. The molecule has 0 saturated carbocycles. The lowest BCUT2D eigenvalue weighted by Gasteiger charge is -2.11. The van der Waals surface area contributed by atoms with Crippen LogP contribution in [-0.2, 0) is 16.0 Å². The van der Waals surface area contributed by atoms with E-state index in [0.717, 1.165) is 23.2 Å². The third-order valence-electron chi connectivity index (χ3n) is 3.47. The number of carbonyl (C=O) groups excluding carboxylic acids is 2. The molecular formula is C18H19ClN2O2. The van der Waals surface area contributed by atoms with Gasteiger partial charge >= 0.3 is 0 Å². The van der Waals surface area contributed by atoms with Gasteiger partial charge < -0.3 is 10.6 Å². The fraction of sp³-hybridized carbons (Fsp3) is 0.222. The number of rotatable bonds is 5. The third kappa shape index (κ3) is 4.83. The fourth-order valence-electron chi connectivity index (χ4n) is 2.21. The maximum absolute atomic E-state index is 12.0. The molecule has 0 heterocycles. The molecule has 23 heavy (non-hydrogen) atoms. The Morgan fingerprint density at radius 1 is 1.00 bits per heavy atom. The molecule has 0 radical (unpaired) electrons. The predicted octanol–water partition coefficient (Wildman–Crippen LogP) is 4.18. The van der Waals surface area contributed by atoms with Gasteiger partial charge in [0.2, 0.25) is 11.8 Å². The molecule has 0 unspecified atom stereocenters. The maximum atomic E-state index is 12.0. The number of aryl methyl sites for hydroxylation is 2. The Morgan fingerprint density at radius 3 is 2.35 bits per heavy atom. The highest BCUT2D eigenvalue weighted by Gasteiger charge is 2.12. The molecule has 0 bridgehead atoms. The molecule has 4 nitrogen and oxygen atoms in total. The molecule has 0 aliphatic heterocycles. The second-order valence-electron chi connectivity index (χ2n) is 5.24. The number of anilines is 2. The largest absolute Gasteiger partial charge is 0.325 e. The number of nitrogens with one attached hydrogen (secondary N) is 2. The Bertz CT molecular complexity index is 729. The van der Waals surface area contributed by atoms with Crippen molar-refractivity contribution in [2.45, 2.75) is 26.7 Å². The highest BCUT2D eigenvalue weighted by atomic mass is 35.5. The maximum Gasteiger partial charge on any atom is 0.233 e. The van der Waals surface area contributed by atoms with Gasteiger partial charge in [-0.2, -0.15) is 0 Å². The van der Waals surface area contributed by atoms with Crippen LogP contribution in [0.15, 0.2) is 42.5 Å². The third-order valence-corrected chi connectivity index (χ3v) is 3.70. The molecule has 2 aromatic carbocycles. The Kier molecular flexibility index (Phi) is 5.77. The highest BCUT2D eigenvalue weighted by Crippen LogP contribution is 2.20. The molecular weight excluding hydrogens is 312 g/mol. The summed E-state index contributed by atoms with van der Waals surface area (Å²) in [5.41, 5.74) is 3.28. The molecule has 0 aliphatic carbocycles. The molecule has 0 spiro atoms. The quantitative estimate of drug-likeness (QED) is 0.808. The molecule has 120 valence electrons. The van der Waals surface area contributed by atoms with Crippen molar-refractivity contribution in [2.75, 3.05) is 10.6 Å². The monoisotopic (exact) mass is 330 g/mol. The average Bonchev–Trinajstić information content (AvgIpc) is 2.51. The van der Waals surface area contributed by atoms with E-state index < -0.39 is 0 Å². The van der Waals surface area contributed by atoms with Crippen LogP contribution in [0.25, 0.3) is 0 Å². The van der Waals surface area contributed by atoms with Crippen LogP contribution >= 0.6 is 11.6 Å². The molecule has 2 N–H and O–H groups in total. The van der Waals surface area contributed by atoms with E-state index in [9.17, 15) is 9.59 Å². The number of hydrogen-bond donors (Lipinski definition) is 2. The second-order valence-corrected chi connectivity index (χ2v) is 5.68. The average molecular weight is 331 g/mol. The van der Waals surface area contributed by atoms with Gasteiger partial charge in [0.15, 0.2) is 0 Å². The van der Waals surface area contributed by atoms with Gasteiger partial charge in [-0.05, 0) is 42.7 Å². The van der Waals surface area contributed by atoms with Crippen LogP contribution in [0.4, 0.5) is 11.4 Å². The zero-order chi connectivity index (χ0) is 16.8. The number of benzene rings is 2. The van der Waals surface area contributed by atoms with Crippen LogP contribution < -0.4 is 10.6 Å². The van der Waals surface area contributed by atoms with Crippen molar-refractivity contribution in [3.05, 3.63) is 58.6 Å². The van der Waals surface area contributed by atoms with Gasteiger partial charge in [0.1, 0.15) is 6.42 Å². The molecule has 0 fully saturated rings. The standard InChI is InChI=1S/C18H19ClN2O2/c1-3-13-6-4-5-7-15(13)20-17(22)11-18(23)21-16-10-14(19)9-8-12(16)2/h4-10H,3,11H2,1-2H3,(H,20,22)(H,21,23). The topological polar surface area (TPSA) is 58.2 Å².